The fraction of sp³-hybridized carbons (Fsp3) is 0.632. The molecule has 1 heterocycles. The van der Waals surface area contributed by atoms with E-state index in [0.717, 1.165) is 18.0 Å². The molecule has 1 aliphatic heterocycles. The molecule has 1 aromatic rings. The third kappa shape index (κ3) is 6.99. The second-order valence-corrected chi connectivity index (χ2v) is 6.72. The van der Waals surface area contributed by atoms with Gasteiger partial charge in [-0.05, 0) is 43.0 Å². The molecule has 2 N–H and O–H groups in total. The van der Waals surface area contributed by atoms with Crippen LogP contribution in [-0.4, -0.2) is 50.7 Å². The summed E-state index contributed by atoms with van der Waals surface area (Å²) in [5.74, 6) is 0.883. The van der Waals surface area contributed by atoms with Crippen molar-refractivity contribution in [3.8, 4) is 0 Å². The normalized spacial score (nSPS) is 16.2. The van der Waals surface area contributed by atoms with E-state index in [4.69, 9.17) is 4.74 Å². The van der Waals surface area contributed by atoms with Gasteiger partial charge in [-0.2, -0.15) is 0 Å². The first-order chi connectivity index (χ1) is 11.7. The Labute approximate surface area is 145 Å². The summed E-state index contributed by atoms with van der Waals surface area (Å²) >= 11 is 0. The van der Waals surface area contributed by atoms with Gasteiger partial charge in [-0.25, -0.2) is 0 Å². The summed E-state index contributed by atoms with van der Waals surface area (Å²) in [6.45, 7) is 7.99. The van der Waals surface area contributed by atoms with Gasteiger partial charge >= 0.3 is 0 Å². The molecule has 1 aliphatic rings. The molecule has 0 aliphatic carbocycles. The van der Waals surface area contributed by atoms with E-state index in [9.17, 15) is 4.79 Å². The molecule has 5 nitrogen and oxygen atoms in total. The highest BCUT2D eigenvalue weighted by atomic mass is 16.5. The number of methoxy groups -OCH3 is 1. The summed E-state index contributed by atoms with van der Waals surface area (Å²) in [5.41, 5.74) is 2.48. The molecule has 0 spiro atoms. The Morgan fingerprint density at radius 1 is 1.21 bits per heavy atom. The second-order valence-electron chi connectivity index (χ2n) is 6.72. The number of benzene rings is 1. The minimum atomic E-state index is 0.0117. The molecule has 1 aromatic carbocycles. The van der Waals surface area contributed by atoms with E-state index in [1.54, 1.807) is 7.11 Å². The molecule has 1 fully saturated rings. The maximum Gasteiger partial charge on any atom is 0.234 e. The standard InChI is InChI=1S/C19H31N3O2/c1-16-7-10-22(11-8-16)15-18-5-3-17(4-6-18)13-21-19(23)14-20-9-12-24-2/h3-6,16,20H,7-15H2,1-2H3,(H,21,23). The molecule has 5 heteroatoms. The number of ether oxygens (including phenoxy) is 1. The van der Waals surface area contributed by atoms with E-state index in [1.165, 1.54) is 31.5 Å². The summed E-state index contributed by atoms with van der Waals surface area (Å²) in [5, 5.41) is 5.97. The van der Waals surface area contributed by atoms with Gasteiger partial charge in [0.1, 0.15) is 0 Å². The van der Waals surface area contributed by atoms with Gasteiger partial charge in [0.25, 0.3) is 0 Å². The lowest BCUT2D eigenvalue weighted by Crippen LogP contribution is -2.34. The van der Waals surface area contributed by atoms with Crippen molar-refractivity contribution in [3.05, 3.63) is 35.4 Å². The number of hydrogen-bond donors (Lipinski definition) is 2. The van der Waals surface area contributed by atoms with Gasteiger partial charge < -0.3 is 15.4 Å². The quantitative estimate of drug-likeness (QED) is 0.676. The Kier molecular flexibility index (Phi) is 8.22. The Balaban J connectivity index is 1.67. The number of rotatable bonds is 9. The van der Waals surface area contributed by atoms with Crippen LogP contribution in [-0.2, 0) is 22.6 Å². The van der Waals surface area contributed by atoms with Gasteiger partial charge in [0.2, 0.25) is 5.91 Å². The van der Waals surface area contributed by atoms with E-state index in [-0.39, 0.29) is 5.91 Å². The van der Waals surface area contributed by atoms with Crippen LogP contribution in [0.3, 0.4) is 0 Å². The first kappa shape index (κ1) is 18.9. The van der Waals surface area contributed by atoms with Gasteiger partial charge in [-0.15, -0.1) is 0 Å². The topological polar surface area (TPSA) is 53.6 Å². The predicted molar refractivity (Wildman–Crippen MR) is 96.7 cm³/mol. The van der Waals surface area contributed by atoms with Crippen molar-refractivity contribution >= 4 is 5.91 Å². The van der Waals surface area contributed by atoms with Crippen LogP contribution in [0, 0.1) is 5.92 Å². The van der Waals surface area contributed by atoms with Crippen molar-refractivity contribution in [2.24, 2.45) is 5.92 Å². The van der Waals surface area contributed by atoms with Crippen molar-refractivity contribution in [1.29, 1.82) is 0 Å². The average molecular weight is 333 g/mol. The lowest BCUT2D eigenvalue weighted by Gasteiger charge is -2.30. The molecule has 0 atom stereocenters. The number of carbonyl (C=O) groups is 1. The number of nitrogens with zero attached hydrogens (tertiary/aromatic N) is 1. The Hall–Kier alpha value is -1.43. The van der Waals surface area contributed by atoms with E-state index >= 15 is 0 Å². The Morgan fingerprint density at radius 3 is 2.54 bits per heavy atom. The van der Waals surface area contributed by atoms with E-state index in [0.29, 0.717) is 26.2 Å². The number of carbonyl (C=O) groups excluding carboxylic acids is 1. The van der Waals surface area contributed by atoms with E-state index in [2.05, 4.69) is 46.7 Å². The number of hydrogen-bond acceptors (Lipinski definition) is 4. The molecule has 134 valence electrons. The maximum absolute atomic E-state index is 11.7. The second kappa shape index (κ2) is 10.4. The molecular weight excluding hydrogens is 302 g/mol. The molecular formula is C19H31N3O2. The molecule has 0 bridgehead atoms. The fourth-order valence-corrected chi connectivity index (χ4v) is 2.88. The highest BCUT2D eigenvalue weighted by molar-refractivity contribution is 5.77. The van der Waals surface area contributed by atoms with Crippen LogP contribution >= 0.6 is 0 Å². The van der Waals surface area contributed by atoms with Crippen molar-refractivity contribution in [1.82, 2.24) is 15.5 Å². The summed E-state index contributed by atoms with van der Waals surface area (Å²) in [4.78, 5) is 14.2. The van der Waals surface area contributed by atoms with Gasteiger partial charge in [-0.1, -0.05) is 31.2 Å². The third-order valence-corrected chi connectivity index (χ3v) is 4.56. The molecule has 2 rings (SSSR count). The third-order valence-electron chi connectivity index (χ3n) is 4.56. The molecule has 0 radical (unpaired) electrons. The number of amides is 1. The SMILES string of the molecule is COCCNCC(=O)NCc1ccc(CN2CCC(C)CC2)cc1. The van der Waals surface area contributed by atoms with Gasteiger partial charge in [0.15, 0.2) is 0 Å². The minimum absolute atomic E-state index is 0.0117. The van der Waals surface area contributed by atoms with Crippen molar-refractivity contribution in [3.63, 3.8) is 0 Å². The zero-order valence-corrected chi connectivity index (χ0v) is 15.0. The van der Waals surface area contributed by atoms with Crippen LogP contribution in [0.4, 0.5) is 0 Å². The lowest BCUT2D eigenvalue weighted by molar-refractivity contribution is -0.120. The maximum atomic E-state index is 11.7. The largest absolute Gasteiger partial charge is 0.383 e. The van der Waals surface area contributed by atoms with Crippen molar-refractivity contribution in [2.75, 3.05) is 39.9 Å². The number of piperidine rings is 1. The number of likely N-dealkylation sites (tertiary alicyclic amines) is 1. The van der Waals surface area contributed by atoms with Crippen LogP contribution in [0.1, 0.15) is 30.9 Å². The van der Waals surface area contributed by atoms with Gasteiger partial charge in [-0.3, -0.25) is 9.69 Å². The minimum Gasteiger partial charge on any atom is -0.383 e. The zero-order chi connectivity index (χ0) is 17.2. The molecule has 1 amide bonds. The van der Waals surface area contributed by atoms with Gasteiger partial charge in [0.05, 0.1) is 13.2 Å². The summed E-state index contributed by atoms with van der Waals surface area (Å²) < 4.78 is 4.93. The van der Waals surface area contributed by atoms with Crippen molar-refractivity contribution in [2.45, 2.75) is 32.9 Å². The van der Waals surface area contributed by atoms with Crippen molar-refractivity contribution < 1.29 is 9.53 Å². The van der Waals surface area contributed by atoms with Crippen LogP contribution < -0.4 is 10.6 Å². The lowest BCUT2D eigenvalue weighted by atomic mass is 9.99. The number of nitrogens with one attached hydrogen (secondary N) is 2. The van der Waals surface area contributed by atoms with E-state index in [1.807, 2.05) is 0 Å². The van der Waals surface area contributed by atoms with Gasteiger partial charge in [0, 0.05) is 26.7 Å². The molecule has 24 heavy (non-hydrogen) atoms. The zero-order valence-electron chi connectivity index (χ0n) is 15.0. The molecule has 0 unspecified atom stereocenters. The summed E-state index contributed by atoms with van der Waals surface area (Å²) in [6, 6.07) is 8.58. The molecule has 0 aromatic heterocycles. The van der Waals surface area contributed by atoms with Crippen LogP contribution in [0.15, 0.2) is 24.3 Å². The predicted octanol–water partition coefficient (Wildman–Crippen LogP) is 1.77. The van der Waals surface area contributed by atoms with Crippen LogP contribution in [0.2, 0.25) is 0 Å². The Morgan fingerprint density at radius 2 is 1.88 bits per heavy atom. The molecule has 1 saturated heterocycles. The summed E-state index contributed by atoms with van der Waals surface area (Å²) in [7, 11) is 1.65. The highest BCUT2D eigenvalue weighted by Crippen LogP contribution is 2.18. The first-order valence-corrected chi connectivity index (χ1v) is 8.94. The summed E-state index contributed by atoms with van der Waals surface area (Å²) in [6.07, 6.45) is 2.62. The first-order valence-electron chi connectivity index (χ1n) is 8.94. The van der Waals surface area contributed by atoms with Crippen LogP contribution in [0.25, 0.3) is 0 Å². The molecule has 0 saturated carbocycles. The Bertz CT molecular complexity index is 482. The average Bonchev–Trinajstić information content (AvgIpc) is 2.60. The monoisotopic (exact) mass is 333 g/mol. The fourth-order valence-electron chi connectivity index (χ4n) is 2.88. The van der Waals surface area contributed by atoms with E-state index < -0.39 is 0 Å². The van der Waals surface area contributed by atoms with Crippen LogP contribution in [0.5, 0.6) is 0 Å². The highest BCUT2D eigenvalue weighted by Gasteiger charge is 2.15. The smallest absolute Gasteiger partial charge is 0.234 e.